The van der Waals surface area contributed by atoms with Gasteiger partial charge in [0.05, 0.1) is 4.90 Å². The number of halogens is 1. The van der Waals surface area contributed by atoms with Gasteiger partial charge in [-0.2, -0.15) is 4.31 Å². The van der Waals surface area contributed by atoms with Gasteiger partial charge in [-0.3, -0.25) is 0 Å². The first-order valence-electron chi connectivity index (χ1n) is 9.13. The molecule has 0 N–H and O–H groups in total. The lowest BCUT2D eigenvalue weighted by atomic mass is 9.99. The van der Waals surface area contributed by atoms with Gasteiger partial charge in [-0.05, 0) is 49.7 Å². The van der Waals surface area contributed by atoms with Crippen molar-refractivity contribution in [3.63, 3.8) is 0 Å². The molecule has 0 aliphatic carbocycles. The van der Waals surface area contributed by atoms with Crippen molar-refractivity contribution in [1.82, 2.24) is 9.21 Å². The molecule has 0 radical (unpaired) electrons. The molecule has 2 aromatic carbocycles. The van der Waals surface area contributed by atoms with Crippen LogP contribution >= 0.6 is 12.4 Å². The minimum absolute atomic E-state index is 0. The summed E-state index contributed by atoms with van der Waals surface area (Å²) in [6.07, 6.45) is 1.04. The summed E-state index contributed by atoms with van der Waals surface area (Å²) in [5.41, 5.74) is 2.17. The van der Waals surface area contributed by atoms with Crippen LogP contribution in [0.1, 0.15) is 37.3 Å². The summed E-state index contributed by atoms with van der Waals surface area (Å²) in [5, 5.41) is 0. The molecule has 27 heavy (non-hydrogen) atoms. The van der Waals surface area contributed by atoms with E-state index in [0.29, 0.717) is 30.4 Å². The third-order valence-electron chi connectivity index (χ3n) is 4.70. The summed E-state index contributed by atoms with van der Waals surface area (Å²) in [5.74, 6) is 0.431. The molecule has 150 valence electrons. The standard InChI is InChI=1S/C21H30N2O2S.ClH/c1-5-18(2)20-11-13-21(14-12-20)26(24,25)23(16-15-22(3)4)17-19-9-7-6-8-10-19;/h6-14,18H,5,15-17H2,1-4H3;1H. The molecule has 0 spiro atoms. The van der Waals surface area contributed by atoms with Crippen LogP contribution in [-0.2, 0) is 16.6 Å². The maximum Gasteiger partial charge on any atom is 0.243 e. The first kappa shape index (κ1) is 23.6. The minimum atomic E-state index is -3.54. The molecule has 0 bridgehead atoms. The largest absolute Gasteiger partial charge is 0.308 e. The molecule has 0 aliphatic heterocycles. The van der Waals surface area contributed by atoms with E-state index in [1.807, 2.05) is 61.5 Å². The van der Waals surface area contributed by atoms with Crippen molar-refractivity contribution in [2.24, 2.45) is 0 Å². The monoisotopic (exact) mass is 410 g/mol. The highest BCUT2D eigenvalue weighted by atomic mass is 35.5. The summed E-state index contributed by atoms with van der Waals surface area (Å²) in [6.45, 7) is 5.80. The summed E-state index contributed by atoms with van der Waals surface area (Å²) < 4.78 is 28.0. The zero-order chi connectivity index (χ0) is 19.2. The Morgan fingerprint density at radius 1 is 0.926 bits per heavy atom. The fraction of sp³-hybridized carbons (Fsp3) is 0.429. The van der Waals surface area contributed by atoms with Crippen molar-refractivity contribution in [2.75, 3.05) is 27.2 Å². The maximum absolute atomic E-state index is 13.2. The van der Waals surface area contributed by atoms with Gasteiger partial charge in [0.25, 0.3) is 0 Å². The van der Waals surface area contributed by atoms with Gasteiger partial charge >= 0.3 is 0 Å². The summed E-state index contributed by atoms with van der Waals surface area (Å²) in [4.78, 5) is 2.36. The van der Waals surface area contributed by atoms with Crippen LogP contribution in [0.2, 0.25) is 0 Å². The van der Waals surface area contributed by atoms with Gasteiger partial charge in [-0.1, -0.05) is 56.3 Å². The molecular formula is C21H31ClN2O2S. The maximum atomic E-state index is 13.2. The molecule has 0 aromatic heterocycles. The van der Waals surface area contributed by atoms with Crippen molar-refractivity contribution < 1.29 is 8.42 Å². The van der Waals surface area contributed by atoms with E-state index in [-0.39, 0.29) is 12.4 Å². The summed E-state index contributed by atoms with van der Waals surface area (Å²) in [6, 6.07) is 17.1. The van der Waals surface area contributed by atoms with E-state index in [0.717, 1.165) is 12.0 Å². The number of likely N-dealkylation sites (N-methyl/N-ethyl adjacent to an activating group) is 1. The van der Waals surface area contributed by atoms with Crippen LogP contribution in [0, 0.1) is 0 Å². The zero-order valence-corrected chi connectivity index (χ0v) is 18.3. The van der Waals surface area contributed by atoms with E-state index in [2.05, 4.69) is 13.8 Å². The van der Waals surface area contributed by atoms with Gasteiger partial charge in [-0.25, -0.2) is 8.42 Å². The second kappa shape index (κ2) is 10.8. The third kappa shape index (κ3) is 6.61. The smallest absolute Gasteiger partial charge is 0.243 e. The number of hydrogen-bond donors (Lipinski definition) is 0. The van der Waals surface area contributed by atoms with E-state index in [1.54, 1.807) is 16.4 Å². The molecule has 0 heterocycles. The highest BCUT2D eigenvalue weighted by Crippen LogP contribution is 2.23. The first-order valence-corrected chi connectivity index (χ1v) is 10.6. The highest BCUT2D eigenvalue weighted by molar-refractivity contribution is 7.89. The van der Waals surface area contributed by atoms with Crippen LogP contribution < -0.4 is 0 Å². The topological polar surface area (TPSA) is 40.6 Å². The van der Waals surface area contributed by atoms with Crippen LogP contribution in [-0.4, -0.2) is 44.8 Å². The molecule has 1 atom stereocenters. The Kier molecular flexibility index (Phi) is 9.47. The lowest BCUT2D eigenvalue weighted by molar-refractivity contribution is 0.329. The number of nitrogens with zero attached hydrogens (tertiary/aromatic N) is 2. The highest BCUT2D eigenvalue weighted by Gasteiger charge is 2.24. The van der Waals surface area contributed by atoms with Crippen LogP contribution in [0.25, 0.3) is 0 Å². The van der Waals surface area contributed by atoms with E-state index < -0.39 is 10.0 Å². The van der Waals surface area contributed by atoms with Gasteiger partial charge in [-0.15, -0.1) is 12.4 Å². The van der Waals surface area contributed by atoms with Crippen molar-refractivity contribution in [1.29, 1.82) is 0 Å². The van der Waals surface area contributed by atoms with Crippen molar-refractivity contribution in [2.45, 2.75) is 37.6 Å². The molecule has 0 amide bonds. The normalized spacial score (nSPS) is 12.8. The van der Waals surface area contributed by atoms with Crippen molar-refractivity contribution in [3.05, 3.63) is 65.7 Å². The zero-order valence-electron chi connectivity index (χ0n) is 16.6. The van der Waals surface area contributed by atoms with Crippen molar-refractivity contribution >= 4 is 22.4 Å². The number of sulfonamides is 1. The summed E-state index contributed by atoms with van der Waals surface area (Å²) >= 11 is 0. The second-order valence-electron chi connectivity index (χ2n) is 7.01. The molecule has 6 heteroatoms. The SMILES string of the molecule is CCC(C)c1ccc(S(=O)(=O)N(CCN(C)C)Cc2ccccc2)cc1.Cl. The van der Waals surface area contributed by atoms with Crippen LogP contribution in [0.3, 0.4) is 0 Å². The Hall–Kier alpha value is -1.40. The van der Waals surface area contributed by atoms with E-state index >= 15 is 0 Å². The molecule has 2 aromatic rings. The Bertz CT molecular complexity index is 778. The van der Waals surface area contributed by atoms with Crippen LogP contribution in [0.5, 0.6) is 0 Å². The molecule has 4 nitrogen and oxygen atoms in total. The lowest BCUT2D eigenvalue weighted by Gasteiger charge is -2.24. The van der Waals surface area contributed by atoms with E-state index in [4.69, 9.17) is 0 Å². The van der Waals surface area contributed by atoms with E-state index in [1.165, 1.54) is 5.56 Å². The van der Waals surface area contributed by atoms with Crippen LogP contribution in [0.15, 0.2) is 59.5 Å². The number of hydrogen-bond acceptors (Lipinski definition) is 3. The minimum Gasteiger partial charge on any atom is -0.308 e. The van der Waals surface area contributed by atoms with Gasteiger partial charge < -0.3 is 4.90 Å². The van der Waals surface area contributed by atoms with E-state index in [9.17, 15) is 8.42 Å². The average Bonchev–Trinajstić information content (AvgIpc) is 2.65. The molecule has 2 rings (SSSR count). The van der Waals surface area contributed by atoms with Crippen LogP contribution in [0.4, 0.5) is 0 Å². The molecule has 0 saturated heterocycles. The predicted octanol–water partition coefficient (Wildman–Crippen LogP) is 4.37. The molecule has 0 aliphatic rings. The van der Waals surface area contributed by atoms with Gasteiger partial charge in [0, 0.05) is 19.6 Å². The quantitative estimate of drug-likeness (QED) is 0.616. The fourth-order valence-corrected chi connectivity index (χ4v) is 4.16. The summed E-state index contributed by atoms with van der Waals surface area (Å²) in [7, 11) is 0.368. The molecule has 1 unspecified atom stereocenters. The van der Waals surface area contributed by atoms with Gasteiger partial charge in [0.2, 0.25) is 10.0 Å². The predicted molar refractivity (Wildman–Crippen MR) is 115 cm³/mol. The van der Waals surface area contributed by atoms with Crippen molar-refractivity contribution in [3.8, 4) is 0 Å². The average molecular weight is 411 g/mol. The van der Waals surface area contributed by atoms with Gasteiger partial charge in [0.15, 0.2) is 0 Å². The Morgan fingerprint density at radius 2 is 1.52 bits per heavy atom. The second-order valence-corrected chi connectivity index (χ2v) is 8.94. The third-order valence-corrected chi connectivity index (χ3v) is 6.56. The molecule has 0 fully saturated rings. The van der Waals surface area contributed by atoms with Gasteiger partial charge in [0.1, 0.15) is 0 Å². The number of rotatable bonds is 9. The Balaban J connectivity index is 0.00000364. The Morgan fingerprint density at radius 3 is 2.04 bits per heavy atom. The molecule has 0 saturated carbocycles. The first-order chi connectivity index (χ1) is 12.3. The molecular weight excluding hydrogens is 380 g/mol. The lowest BCUT2D eigenvalue weighted by Crippen LogP contribution is -2.36. The Labute approximate surface area is 170 Å². The fourth-order valence-electron chi connectivity index (χ4n) is 2.74. The number of benzene rings is 2.